The second-order valence-electron chi connectivity index (χ2n) is 6.63. The standard InChI is InChI=1S/C21H21NO/c23-21(20-14-17-11-12-18(20)13-17)22(19-9-5-2-6-10-19)15-16-7-3-1-4-8-16/h1-12,17-18,20H,13-15H2. The summed E-state index contributed by atoms with van der Waals surface area (Å²) in [6.45, 7) is 0.640. The van der Waals surface area contributed by atoms with Crippen LogP contribution in [0, 0.1) is 17.8 Å². The molecule has 2 aromatic rings. The number of hydrogen-bond acceptors (Lipinski definition) is 1. The van der Waals surface area contributed by atoms with Gasteiger partial charge in [-0.3, -0.25) is 4.79 Å². The van der Waals surface area contributed by atoms with Crippen molar-refractivity contribution in [2.45, 2.75) is 19.4 Å². The van der Waals surface area contributed by atoms with Gasteiger partial charge in [0, 0.05) is 11.6 Å². The van der Waals surface area contributed by atoms with Crippen LogP contribution in [0.2, 0.25) is 0 Å². The van der Waals surface area contributed by atoms with E-state index in [0.717, 1.165) is 18.5 Å². The quantitative estimate of drug-likeness (QED) is 0.765. The molecule has 2 aliphatic rings. The van der Waals surface area contributed by atoms with Crippen LogP contribution in [0.25, 0.3) is 0 Å². The molecule has 2 aromatic carbocycles. The molecule has 0 aliphatic heterocycles. The number of para-hydroxylation sites is 1. The molecule has 1 amide bonds. The highest BCUT2D eigenvalue weighted by atomic mass is 16.2. The summed E-state index contributed by atoms with van der Waals surface area (Å²) in [5.41, 5.74) is 2.16. The molecule has 23 heavy (non-hydrogen) atoms. The van der Waals surface area contributed by atoms with Gasteiger partial charge in [0.05, 0.1) is 6.54 Å². The maximum Gasteiger partial charge on any atom is 0.231 e. The zero-order chi connectivity index (χ0) is 15.6. The zero-order valence-electron chi connectivity index (χ0n) is 13.1. The van der Waals surface area contributed by atoms with Crippen molar-refractivity contribution >= 4 is 11.6 Å². The van der Waals surface area contributed by atoms with Crippen molar-refractivity contribution in [1.29, 1.82) is 0 Å². The molecule has 2 heteroatoms. The number of carbonyl (C=O) groups is 1. The molecule has 2 aliphatic carbocycles. The van der Waals surface area contributed by atoms with Gasteiger partial charge in [-0.15, -0.1) is 0 Å². The van der Waals surface area contributed by atoms with Crippen LogP contribution in [-0.2, 0) is 11.3 Å². The van der Waals surface area contributed by atoms with Crippen molar-refractivity contribution in [2.24, 2.45) is 17.8 Å². The van der Waals surface area contributed by atoms with Crippen molar-refractivity contribution in [3.8, 4) is 0 Å². The summed E-state index contributed by atoms with van der Waals surface area (Å²) in [7, 11) is 0. The predicted octanol–water partition coefficient (Wildman–Crippen LogP) is 4.43. The number of fused-ring (bicyclic) bond motifs is 2. The highest BCUT2D eigenvalue weighted by Crippen LogP contribution is 2.44. The zero-order valence-corrected chi connectivity index (χ0v) is 13.1. The summed E-state index contributed by atoms with van der Waals surface area (Å²) in [5, 5.41) is 0. The van der Waals surface area contributed by atoms with E-state index in [1.807, 2.05) is 53.4 Å². The molecule has 1 fully saturated rings. The monoisotopic (exact) mass is 303 g/mol. The molecule has 3 atom stereocenters. The van der Waals surface area contributed by atoms with E-state index in [-0.39, 0.29) is 11.8 Å². The van der Waals surface area contributed by atoms with E-state index in [1.54, 1.807) is 0 Å². The van der Waals surface area contributed by atoms with Gasteiger partial charge in [0.15, 0.2) is 0 Å². The van der Waals surface area contributed by atoms with Crippen LogP contribution in [0.1, 0.15) is 18.4 Å². The predicted molar refractivity (Wildman–Crippen MR) is 92.9 cm³/mol. The maximum atomic E-state index is 13.2. The van der Waals surface area contributed by atoms with Gasteiger partial charge in [0.2, 0.25) is 5.91 Å². The van der Waals surface area contributed by atoms with Gasteiger partial charge in [-0.1, -0.05) is 60.7 Å². The van der Waals surface area contributed by atoms with Gasteiger partial charge in [-0.2, -0.15) is 0 Å². The normalized spacial score (nSPS) is 24.8. The van der Waals surface area contributed by atoms with Gasteiger partial charge in [-0.05, 0) is 42.4 Å². The molecular weight excluding hydrogens is 282 g/mol. The van der Waals surface area contributed by atoms with E-state index in [9.17, 15) is 4.79 Å². The first-order chi connectivity index (χ1) is 11.3. The Bertz CT molecular complexity index is 707. The maximum absolute atomic E-state index is 13.2. The van der Waals surface area contributed by atoms with E-state index in [0.29, 0.717) is 18.4 Å². The van der Waals surface area contributed by atoms with Gasteiger partial charge < -0.3 is 4.90 Å². The topological polar surface area (TPSA) is 20.3 Å². The molecule has 0 N–H and O–H groups in total. The fourth-order valence-electron chi connectivity index (χ4n) is 3.94. The summed E-state index contributed by atoms with van der Waals surface area (Å²) in [6.07, 6.45) is 6.71. The lowest BCUT2D eigenvalue weighted by atomic mass is 9.92. The molecule has 0 heterocycles. The average Bonchev–Trinajstić information content (AvgIpc) is 3.24. The number of amides is 1. The number of benzene rings is 2. The first kappa shape index (κ1) is 14.3. The summed E-state index contributed by atoms with van der Waals surface area (Å²) >= 11 is 0. The van der Waals surface area contributed by atoms with Gasteiger partial charge in [-0.25, -0.2) is 0 Å². The lowest BCUT2D eigenvalue weighted by Gasteiger charge is -2.28. The summed E-state index contributed by atoms with van der Waals surface area (Å²) in [6, 6.07) is 20.3. The average molecular weight is 303 g/mol. The molecule has 1 saturated carbocycles. The second kappa shape index (κ2) is 6.04. The number of carbonyl (C=O) groups excluding carboxylic acids is 1. The van der Waals surface area contributed by atoms with Crippen molar-refractivity contribution in [3.05, 3.63) is 78.4 Å². The minimum absolute atomic E-state index is 0.147. The van der Waals surface area contributed by atoms with Gasteiger partial charge >= 0.3 is 0 Å². The van der Waals surface area contributed by atoms with E-state index in [4.69, 9.17) is 0 Å². The van der Waals surface area contributed by atoms with Crippen LogP contribution in [0.5, 0.6) is 0 Å². The molecule has 0 saturated heterocycles. The van der Waals surface area contributed by atoms with Crippen LogP contribution >= 0.6 is 0 Å². The molecule has 2 nitrogen and oxygen atoms in total. The number of anilines is 1. The molecule has 0 spiro atoms. The molecule has 3 unspecified atom stereocenters. The van der Waals surface area contributed by atoms with Crippen molar-refractivity contribution in [2.75, 3.05) is 4.90 Å². The van der Waals surface area contributed by atoms with Crippen LogP contribution in [0.15, 0.2) is 72.8 Å². The molecule has 0 radical (unpaired) electrons. The first-order valence-corrected chi connectivity index (χ1v) is 8.40. The largest absolute Gasteiger partial charge is 0.308 e. The molecule has 0 aromatic heterocycles. The van der Waals surface area contributed by atoms with Gasteiger partial charge in [0.25, 0.3) is 0 Å². The number of rotatable bonds is 4. The summed E-state index contributed by atoms with van der Waals surface area (Å²) in [4.78, 5) is 15.2. The Morgan fingerprint density at radius 2 is 1.61 bits per heavy atom. The van der Waals surface area contributed by atoms with Crippen LogP contribution in [0.4, 0.5) is 5.69 Å². The Morgan fingerprint density at radius 1 is 0.913 bits per heavy atom. The highest BCUT2D eigenvalue weighted by Gasteiger charge is 2.41. The van der Waals surface area contributed by atoms with Crippen LogP contribution < -0.4 is 4.90 Å². The Labute approximate surface area is 137 Å². The third-order valence-electron chi connectivity index (χ3n) is 5.11. The van der Waals surface area contributed by atoms with Crippen molar-refractivity contribution < 1.29 is 4.79 Å². The number of hydrogen-bond donors (Lipinski definition) is 0. The van der Waals surface area contributed by atoms with E-state index in [2.05, 4.69) is 24.3 Å². The highest BCUT2D eigenvalue weighted by molar-refractivity contribution is 5.95. The SMILES string of the molecule is O=C(C1CC2C=CC1C2)N(Cc1ccccc1)c1ccccc1. The molecule has 4 rings (SSSR count). The number of allylic oxidation sites excluding steroid dienone is 2. The van der Waals surface area contributed by atoms with Crippen molar-refractivity contribution in [3.63, 3.8) is 0 Å². The Kier molecular flexibility index (Phi) is 3.74. The molecular formula is C21H21NO. The fourth-order valence-corrected chi connectivity index (χ4v) is 3.94. The van der Waals surface area contributed by atoms with Crippen molar-refractivity contribution in [1.82, 2.24) is 0 Å². The smallest absolute Gasteiger partial charge is 0.231 e. The van der Waals surface area contributed by atoms with Gasteiger partial charge in [0.1, 0.15) is 0 Å². The second-order valence-corrected chi connectivity index (χ2v) is 6.63. The number of nitrogens with zero attached hydrogens (tertiary/aromatic N) is 1. The lowest BCUT2D eigenvalue weighted by Crippen LogP contribution is -2.37. The summed E-state index contributed by atoms with van der Waals surface area (Å²) < 4.78 is 0. The van der Waals surface area contributed by atoms with E-state index >= 15 is 0 Å². The lowest BCUT2D eigenvalue weighted by molar-refractivity contribution is -0.123. The van der Waals surface area contributed by atoms with E-state index < -0.39 is 0 Å². The minimum atomic E-state index is 0.147. The molecule has 2 bridgehead atoms. The first-order valence-electron chi connectivity index (χ1n) is 8.40. The van der Waals surface area contributed by atoms with E-state index in [1.165, 1.54) is 5.56 Å². The third-order valence-corrected chi connectivity index (χ3v) is 5.11. The third kappa shape index (κ3) is 2.81. The van der Waals surface area contributed by atoms with Crippen LogP contribution in [0.3, 0.4) is 0 Å². The summed E-state index contributed by atoms with van der Waals surface area (Å²) in [5.74, 6) is 1.48. The fraction of sp³-hybridized carbons (Fsp3) is 0.286. The Hall–Kier alpha value is -2.35. The minimum Gasteiger partial charge on any atom is -0.308 e. The Balaban J connectivity index is 1.62. The van der Waals surface area contributed by atoms with Crippen LogP contribution in [-0.4, -0.2) is 5.91 Å². The molecule has 116 valence electrons. The Morgan fingerprint density at radius 3 is 2.22 bits per heavy atom.